The summed E-state index contributed by atoms with van der Waals surface area (Å²) in [6, 6.07) is 18.8. The highest BCUT2D eigenvalue weighted by Gasteiger charge is 2.44. The van der Waals surface area contributed by atoms with E-state index >= 15 is 0 Å². The maximum atomic E-state index is 12.2. The first-order valence-corrected chi connectivity index (χ1v) is 11.2. The van der Waals surface area contributed by atoms with Crippen molar-refractivity contribution >= 4 is 17.6 Å². The number of benzene rings is 2. The quantitative estimate of drug-likeness (QED) is 0.456. The fourth-order valence-corrected chi connectivity index (χ4v) is 3.94. The number of hydrogen-bond acceptors (Lipinski definition) is 2. The molecule has 2 fully saturated rings. The van der Waals surface area contributed by atoms with Crippen molar-refractivity contribution in [3.05, 3.63) is 65.7 Å². The van der Waals surface area contributed by atoms with Crippen LogP contribution in [0.5, 0.6) is 0 Å². The second-order valence-corrected chi connectivity index (χ2v) is 8.51. The first-order valence-electron chi connectivity index (χ1n) is 11.2. The number of anilines is 1. The molecule has 0 atom stereocenters. The summed E-state index contributed by atoms with van der Waals surface area (Å²) >= 11 is 0. The van der Waals surface area contributed by atoms with Gasteiger partial charge in [-0.05, 0) is 55.9 Å². The van der Waals surface area contributed by atoms with Crippen LogP contribution < -0.4 is 16.0 Å². The number of guanidine groups is 1. The second kappa shape index (κ2) is 9.33. The van der Waals surface area contributed by atoms with E-state index in [0.717, 1.165) is 43.1 Å². The average Bonchev–Trinajstić information content (AvgIpc) is 3.51. The summed E-state index contributed by atoms with van der Waals surface area (Å²) in [5.41, 5.74) is 3.59. The highest BCUT2D eigenvalue weighted by Crippen LogP contribution is 2.47. The molecule has 0 aliphatic heterocycles. The molecule has 30 heavy (non-hydrogen) atoms. The van der Waals surface area contributed by atoms with Crippen molar-refractivity contribution in [1.29, 1.82) is 0 Å². The topological polar surface area (TPSA) is 65.5 Å². The zero-order chi connectivity index (χ0) is 20.8. The van der Waals surface area contributed by atoms with Crippen LogP contribution in [0.25, 0.3) is 0 Å². The molecule has 4 rings (SSSR count). The maximum absolute atomic E-state index is 12.2. The van der Waals surface area contributed by atoms with Gasteiger partial charge in [-0.2, -0.15) is 0 Å². The van der Waals surface area contributed by atoms with Crippen LogP contribution in [0.3, 0.4) is 0 Å². The van der Waals surface area contributed by atoms with Crippen LogP contribution in [0.15, 0.2) is 59.6 Å². The molecular formula is C25H32N4O. The summed E-state index contributed by atoms with van der Waals surface area (Å²) in [6.45, 7) is 4.36. The van der Waals surface area contributed by atoms with Crippen molar-refractivity contribution in [2.45, 2.75) is 51.0 Å². The number of carbonyl (C=O) groups is 1. The summed E-state index contributed by atoms with van der Waals surface area (Å²) in [7, 11) is 0. The molecule has 2 saturated carbocycles. The molecule has 2 aliphatic rings. The molecular weight excluding hydrogens is 372 g/mol. The van der Waals surface area contributed by atoms with Crippen LogP contribution in [0, 0.1) is 5.92 Å². The number of nitrogens with zero attached hydrogens (tertiary/aromatic N) is 1. The van der Waals surface area contributed by atoms with E-state index in [1.54, 1.807) is 0 Å². The van der Waals surface area contributed by atoms with Gasteiger partial charge >= 0.3 is 0 Å². The first-order chi connectivity index (χ1) is 14.7. The lowest BCUT2D eigenvalue weighted by atomic mass is 9.85. The molecule has 0 heterocycles. The molecule has 2 aromatic carbocycles. The van der Waals surface area contributed by atoms with Gasteiger partial charge < -0.3 is 16.0 Å². The molecule has 0 aromatic heterocycles. The van der Waals surface area contributed by atoms with E-state index in [9.17, 15) is 4.79 Å². The van der Waals surface area contributed by atoms with Crippen LogP contribution in [-0.2, 0) is 16.8 Å². The smallest absolute Gasteiger partial charge is 0.227 e. The third kappa shape index (κ3) is 5.02. The Morgan fingerprint density at radius 2 is 1.87 bits per heavy atom. The van der Waals surface area contributed by atoms with E-state index in [0.29, 0.717) is 6.54 Å². The van der Waals surface area contributed by atoms with Gasteiger partial charge in [-0.25, -0.2) is 4.99 Å². The minimum absolute atomic E-state index is 0.146. The fourth-order valence-electron chi connectivity index (χ4n) is 3.94. The summed E-state index contributed by atoms with van der Waals surface area (Å²) in [5.74, 6) is 1.17. The first kappa shape index (κ1) is 20.5. The molecule has 0 radical (unpaired) electrons. The van der Waals surface area contributed by atoms with Crippen molar-refractivity contribution in [1.82, 2.24) is 10.6 Å². The van der Waals surface area contributed by atoms with Gasteiger partial charge in [0.2, 0.25) is 5.91 Å². The Balaban J connectivity index is 1.36. The van der Waals surface area contributed by atoms with Crippen LogP contribution in [0.4, 0.5) is 5.69 Å². The zero-order valence-corrected chi connectivity index (χ0v) is 17.8. The lowest BCUT2D eigenvalue weighted by Crippen LogP contribution is -2.41. The number of rotatable bonds is 8. The van der Waals surface area contributed by atoms with Gasteiger partial charge in [0.05, 0.1) is 6.54 Å². The molecule has 2 aliphatic carbocycles. The predicted octanol–water partition coefficient (Wildman–Crippen LogP) is 4.21. The molecule has 158 valence electrons. The third-order valence-electron chi connectivity index (χ3n) is 6.27. The zero-order valence-electron chi connectivity index (χ0n) is 17.8. The van der Waals surface area contributed by atoms with Gasteiger partial charge in [-0.1, -0.05) is 48.9 Å². The Morgan fingerprint density at radius 1 is 1.07 bits per heavy atom. The van der Waals surface area contributed by atoms with Crippen molar-refractivity contribution in [2.75, 3.05) is 18.4 Å². The highest BCUT2D eigenvalue weighted by atomic mass is 16.1. The lowest BCUT2D eigenvalue weighted by molar-refractivity contribution is -0.122. The summed E-state index contributed by atoms with van der Waals surface area (Å²) in [6.07, 6.45) is 5.62. The van der Waals surface area contributed by atoms with E-state index < -0.39 is 0 Å². The summed E-state index contributed by atoms with van der Waals surface area (Å²) in [5, 5.41) is 9.94. The van der Waals surface area contributed by atoms with Gasteiger partial charge in [0, 0.05) is 30.1 Å². The van der Waals surface area contributed by atoms with Crippen LogP contribution in [-0.4, -0.2) is 25.0 Å². The number of amides is 1. The van der Waals surface area contributed by atoms with E-state index in [1.165, 1.54) is 24.8 Å². The maximum Gasteiger partial charge on any atom is 0.227 e. The van der Waals surface area contributed by atoms with Crippen molar-refractivity contribution in [3.8, 4) is 0 Å². The normalized spacial score (nSPS) is 17.7. The molecule has 1 amide bonds. The minimum Gasteiger partial charge on any atom is -0.357 e. The Hall–Kier alpha value is -2.82. The number of nitrogens with one attached hydrogen (secondary N) is 3. The predicted molar refractivity (Wildman–Crippen MR) is 123 cm³/mol. The van der Waals surface area contributed by atoms with E-state index in [-0.39, 0.29) is 17.2 Å². The van der Waals surface area contributed by atoms with E-state index in [2.05, 4.69) is 59.3 Å². The third-order valence-corrected chi connectivity index (χ3v) is 6.27. The van der Waals surface area contributed by atoms with Gasteiger partial charge in [0.25, 0.3) is 0 Å². The molecule has 5 nitrogen and oxygen atoms in total. The SMILES string of the molecule is CCNC(=NCc1cccc(NC(=O)C2CCC2)c1)NCC1(c2ccccc2)CC1. The summed E-state index contributed by atoms with van der Waals surface area (Å²) in [4.78, 5) is 17.0. The van der Waals surface area contributed by atoms with Gasteiger partial charge in [-0.3, -0.25) is 4.79 Å². The Labute approximate surface area is 179 Å². The number of aliphatic imine (C=N–C) groups is 1. The monoisotopic (exact) mass is 404 g/mol. The van der Waals surface area contributed by atoms with E-state index in [1.807, 2.05) is 18.2 Å². The minimum atomic E-state index is 0.146. The lowest BCUT2D eigenvalue weighted by Gasteiger charge is -2.24. The van der Waals surface area contributed by atoms with Gasteiger partial charge in [0.1, 0.15) is 0 Å². The number of carbonyl (C=O) groups excluding carboxylic acids is 1. The Morgan fingerprint density at radius 3 is 2.53 bits per heavy atom. The molecule has 2 aromatic rings. The fraction of sp³-hybridized carbons (Fsp3) is 0.440. The molecule has 0 unspecified atom stereocenters. The molecule has 3 N–H and O–H groups in total. The van der Waals surface area contributed by atoms with Crippen molar-refractivity contribution in [3.63, 3.8) is 0 Å². The molecule has 0 bridgehead atoms. The van der Waals surface area contributed by atoms with Crippen molar-refractivity contribution in [2.24, 2.45) is 10.9 Å². The number of hydrogen-bond donors (Lipinski definition) is 3. The standard InChI is InChI=1S/C25H32N4O/c1-2-26-24(28-18-25(14-15-25)21-11-4-3-5-12-21)27-17-19-8-6-13-22(16-19)29-23(30)20-9-7-10-20/h3-6,8,11-13,16,20H,2,7,9-10,14-15,17-18H2,1H3,(H,29,30)(H2,26,27,28). The van der Waals surface area contributed by atoms with Crippen LogP contribution in [0.1, 0.15) is 50.2 Å². The van der Waals surface area contributed by atoms with Gasteiger partial charge in [-0.15, -0.1) is 0 Å². The highest BCUT2D eigenvalue weighted by molar-refractivity contribution is 5.93. The Kier molecular flexibility index (Phi) is 6.36. The molecule has 5 heteroatoms. The largest absolute Gasteiger partial charge is 0.357 e. The molecule has 0 spiro atoms. The van der Waals surface area contributed by atoms with E-state index in [4.69, 9.17) is 4.99 Å². The van der Waals surface area contributed by atoms with Gasteiger partial charge in [0.15, 0.2) is 5.96 Å². The van der Waals surface area contributed by atoms with Crippen LogP contribution >= 0.6 is 0 Å². The van der Waals surface area contributed by atoms with Crippen molar-refractivity contribution < 1.29 is 4.79 Å². The summed E-state index contributed by atoms with van der Waals surface area (Å²) < 4.78 is 0. The molecule has 0 saturated heterocycles. The average molecular weight is 405 g/mol. The van der Waals surface area contributed by atoms with Crippen LogP contribution in [0.2, 0.25) is 0 Å². The Bertz CT molecular complexity index is 885. The second-order valence-electron chi connectivity index (χ2n) is 8.51.